The molecule has 0 spiro atoms. The van der Waals surface area contributed by atoms with Gasteiger partial charge in [-0.05, 0) is 30.3 Å². The number of amides is 1. The van der Waals surface area contributed by atoms with E-state index in [-0.39, 0.29) is 18.1 Å². The summed E-state index contributed by atoms with van der Waals surface area (Å²) in [6.07, 6.45) is 0. The third-order valence-corrected chi connectivity index (χ3v) is 4.04. The zero-order chi connectivity index (χ0) is 20.1. The number of aromatic nitrogens is 2. The van der Waals surface area contributed by atoms with E-state index in [1.807, 2.05) is 0 Å². The highest BCUT2D eigenvalue weighted by atomic mass is 19.1. The molecule has 1 N–H and O–H groups in total. The number of nitrogens with one attached hydrogen (secondary N) is 1. The molecule has 8 heteroatoms. The lowest BCUT2D eigenvalue weighted by Crippen LogP contribution is -2.31. The van der Waals surface area contributed by atoms with Gasteiger partial charge in [0, 0.05) is 12.1 Å². The van der Waals surface area contributed by atoms with Crippen LogP contribution < -0.4 is 20.2 Å². The number of carbonyl (C=O) groups excluding carboxylic acids is 1. The van der Waals surface area contributed by atoms with Crippen molar-refractivity contribution in [3.05, 3.63) is 81.9 Å². The molecule has 7 nitrogen and oxygen atoms in total. The van der Waals surface area contributed by atoms with Crippen LogP contribution in [0.3, 0.4) is 0 Å². The topological polar surface area (TPSA) is 82.5 Å². The third kappa shape index (κ3) is 4.01. The third-order valence-electron chi connectivity index (χ3n) is 4.04. The maximum atomic E-state index is 13.7. The van der Waals surface area contributed by atoms with E-state index in [1.165, 1.54) is 23.9 Å². The van der Waals surface area contributed by atoms with Gasteiger partial charge in [0.1, 0.15) is 11.6 Å². The van der Waals surface area contributed by atoms with Gasteiger partial charge in [0.25, 0.3) is 5.91 Å². The van der Waals surface area contributed by atoms with E-state index < -0.39 is 17.2 Å². The minimum Gasteiger partial charge on any atom is -0.497 e. The molecule has 0 saturated heterocycles. The fourth-order valence-corrected chi connectivity index (χ4v) is 2.55. The highest BCUT2D eigenvalue weighted by Crippen LogP contribution is 2.18. The van der Waals surface area contributed by atoms with Crippen molar-refractivity contribution in [2.24, 2.45) is 0 Å². The highest BCUT2D eigenvalue weighted by Gasteiger charge is 2.17. The second-order valence-electron chi connectivity index (χ2n) is 5.78. The lowest BCUT2D eigenvalue weighted by Gasteiger charge is -2.13. The van der Waals surface area contributed by atoms with Gasteiger partial charge in [-0.15, -0.1) is 0 Å². The molecular weight excluding hydrogens is 365 g/mol. The molecule has 0 radical (unpaired) electrons. The van der Waals surface area contributed by atoms with Crippen molar-refractivity contribution in [1.29, 1.82) is 0 Å². The molecule has 0 fully saturated rings. The van der Waals surface area contributed by atoms with Crippen molar-refractivity contribution >= 4 is 5.91 Å². The van der Waals surface area contributed by atoms with Gasteiger partial charge in [-0.25, -0.2) is 9.07 Å². The minimum absolute atomic E-state index is 0.0683. The molecule has 1 amide bonds. The monoisotopic (exact) mass is 383 g/mol. The predicted octanol–water partition coefficient (Wildman–Crippen LogP) is 2.32. The zero-order valence-electron chi connectivity index (χ0n) is 15.3. The van der Waals surface area contributed by atoms with Crippen molar-refractivity contribution in [3.8, 4) is 17.3 Å². The standard InChI is InChI=1S/C20H18FN3O4/c1-27-15-9-7-14(8-10-15)24-18(28-2)11-17(25)19(23-24)20(26)22-12-13-5-3-4-6-16(13)21/h3-11H,12H2,1-2H3,(H,22,26). The Morgan fingerprint density at radius 2 is 1.82 bits per heavy atom. The first-order valence-electron chi connectivity index (χ1n) is 8.38. The molecule has 144 valence electrons. The SMILES string of the molecule is COc1ccc(-n2nc(C(=O)NCc3ccccc3F)c(=O)cc2OC)cc1. The van der Waals surface area contributed by atoms with Crippen LogP contribution in [0.15, 0.2) is 59.4 Å². The Labute approximate surface area is 160 Å². The van der Waals surface area contributed by atoms with Gasteiger partial charge >= 0.3 is 0 Å². The maximum Gasteiger partial charge on any atom is 0.276 e. The van der Waals surface area contributed by atoms with Crippen LogP contribution in [0.5, 0.6) is 11.6 Å². The maximum absolute atomic E-state index is 13.7. The summed E-state index contributed by atoms with van der Waals surface area (Å²) in [4.78, 5) is 24.8. The Hall–Kier alpha value is -3.68. The molecular formula is C20H18FN3O4. The summed E-state index contributed by atoms with van der Waals surface area (Å²) in [6.45, 7) is -0.0683. The van der Waals surface area contributed by atoms with Crippen LogP contribution in [0.1, 0.15) is 16.1 Å². The van der Waals surface area contributed by atoms with E-state index in [0.717, 1.165) is 0 Å². The van der Waals surface area contributed by atoms with Gasteiger partial charge in [-0.1, -0.05) is 18.2 Å². The second-order valence-corrected chi connectivity index (χ2v) is 5.78. The summed E-state index contributed by atoms with van der Waals surface area (Å²) >= 11 is 0. The quantitative estimate of drug-likeness (QED) is 0.706. The Bertz CT molecular complexity index is 1050. The molecule has 0 aliphatic carbocycles. The Kier molecular flexibility index (Phi) is 5.69. The Balaban J connectivity index is 1.91. The summed E-state index contributed by atoms with van der Waals surface area (Å²) in [5.41, 5.74) is -0.0544. The Morgan fingerprint density at radius 1 is 1.11 bits per heavy atom. The van der Waals surface area contributed by atoms with Crippen molar-refractivity contribution in [1.82, 2.24) is 15.1 Å². The van der Waals surface area contributed by atoms with Gasteiger partial charge in [0.2, 0.25) is 11.3 Å². The van der Waals surface area contributed by atoms with Gasteiger partial charge in [0.05, 0.1) is 26.0 Å². The number of methoxy groups -OCH3 is 2. The van der Waals surface area contributed by atoms with Crippen molar-refractivity contribution in [3.63, 3.8) is 0 Å². The average Bonchev–Trinajstić information content (AvgIpc) is 2.72. The normalized spacial score (nSPS) is 10.4. The molecule has 0 atom stereocenters. The van der Waals surface area contributed by atoms with Crippen LogP contribution in [0, 0.1) is 5.82 Å². The summed E-state index contributed by atoms with van der Waals surface area (Å²) in [6, 6.07) is 14.1. The van der Waals surface area contributed by atoms with E-state index in [0.29, 0.717) is 17.0 Å². The summed E-state index contributed by atoms with van der Waals surface area (Å²) < 4.78 is 25.4. The number of hydrogen-bond acceptors (Lipinski definition) is 5. The van der Waals surface area contributed by atoms with Gasteiger partial charge < -0.3 is 14.8 Å². The number of hydrogen-bond donors (Lipinski definition) is 1. The van der Waals surface area contributed by atoms with Crippen LogP contribution in [0.25, 0.3) is 5.69 Å². The van der Waals surface area contributed by atoms with Crippen molar-refractivity contribution in [2.75, 3.05) is 14.2 Å². The molecule has 0 unspecified atom stereocenters. The molecule has 2 aromatic carbocycles. The fourth-order valence-electron chi connectivity index (χ4n) is 2.55. The fraction of sp³-hybridized carbons (Fsp3) is 0.150. The van der Waals surface area contributed by atoms with E-state index in [2.05, 4.69) is 10.4 Å². The second kappa shape index (κ2) is 8.34. The minimum atomic E-state index is -0.710. The summed E-state index contributed by atoms with van der Waals surface area (Å²) in [5, 5.41) is 6.65. The van der Waals surface area contributed by atoms with Crippen LogP contribution in [0.4, 0.5) is 4.39 Å². The first-order valence-corrected chi connectivity index (χ1v) is 8.38. The average molecular weight is 383 g/mol. The van der Waals surface area contributed by atoms with Crippen LogP contribution in [-0.4, -0.2) is 29.9 Å². The molecule has 0 aliphatic heterocycles. The molecule has 28 heavy (non-hydrogen) atoms. The molecule has 0 bridgehead atoms. The number of nitrogens with zero attached hydrogens (tertiary/aromatic N) is 2. The highest BCUT2D eigenvalue weighted by molar-refractivity contribution is 5.92. The van der Waals surface area contributed by atoms with Crippen LogP contribution in [-0.2, 0) is 6.54 Å². The zero-order valence-corrected chi connectivity index (χ0v) is 15.3. The molecule has 0 aliphatic rings. The smallest absolute Gasteiger partial charge is 0.276 e. The molecule has 3 rings (SSSR count). The van der Waals surface area contributed by atoms with Crippen LogP contribution >= 0.6 is 0 Å². The van der Waals surface area contributed by atoms with Gasteiger partial charge in [0.15, 0.2) is 5.69 Å². The molecule has 1 heterocycles. The summed E-state index contributed by atoms with van der Waals surface area (Å²) in [7, 11) is 2.94. The van der Waals surface area contributed by atoms with Gasteiger partial charge in [-0.2, -0.15) is 5.10 Å². The molecule has 0 saturated carbocycles. The lowest BCUT2D eigenvalue weighted by molar-refractivity contribution is 0.0942. The number of halogens is 1. The van der Waals surface area contributed by atoms with E-state index >= 15 is 0 Å². The molecule has 3 aromatic rings. The van der Waals surface area contributed by atoms with E-state index in [4.69, 9.17) is 9.47 Å². The summed E-state index contributed by atoms with van der Waals surface area (Å²) in [5.74, 6) is -0.341. The lowest BCUT2D eigenvalue weighted by atomic mass is 10.2. The van der Waals surface area contributed by atoms with Crippen LogP contribution in [0.2, 0.25) is 0 Å². The number of carbonyl (C=O) groups is 1. The molecule has 1 aromatic heterocycles. The van der Waals surface area contributed by atoms with Crippen molar-refractivity contribution < 1.29 is 18.7 Å². The number of rotatable bonds is 6. The largest absolute Gasteiger partial charge is 0.497 e. The number of ether oxygens (including phenoxy) is 2. The van der Waals surface area contributed by atoms with Gasteiger partial charge in [-0.3, -0.25) is 9.59 Å². The van der Waals surface area contributed by atoms with E-state index in [9.17, 15) is 14.0 Å². The first-order chi connectivity index (χ1) is 13.5. The number of benzene rings is 2. The predicted molar refractivity (Wildman–Crippen MR) is 101 cm³/mol. The Morgan fingerprint density at radius 3 is 2.46 bits per heavy atom. The first kappa shape index (κ1) is 19.1. The van der Waals surface area contributed by atoms with E-state index in [1.54, 1.807) is 49.6 Å². The van der Waals surface area contributed by atoms with Crippen molar-refractivity contribution in [2.45, 2.75) is 6.54 Å².